The third-order valence-electron chi connectivity index (χ3n) is 3.33. The van der Waals surface area contributed by atoms with Crippen LogP contribution in [0.3, 0.4) is 0 Å². The molecule has 0 atom stereocenters. The number of para-hydroxylation sites is 1. The molecule has 0 saturated carbocycles. The number of hydrogen-bond acceptors (Lipinski definition) is 6. The fourth-order valence-corrected chi connectivity index (χ4v) is 2.27. The van der Waals surface area contributed by atoms with Gasteiger partial charge in [0.15, 0.2) is 0 Å². The Balaban J connectivity index is 2.06. The first-order valence-corrected chi connectivity index (χ1v) is 6.97. The quantitative estimate of drug-likeness (QED) is 0.746. The molecule has 6 nitrogen and oxygen atoms in total. The summed E-state index contributed by atoms with van der Waals surface area (Å²) in [5.74, 6) is 0.484. The van der Waals surface area contributed by atoms with Gasteiger partial charge >= 0.3 is 5.97 Å². The van der Waals surface area contributed by atoms with Crippen LogP contribution in [0.4, 0.5) is 11.5 Å². The number of carbonyl (C=O) groups is 1. The lowest BCUT2D eigenvalue weighted by Crippen LogP contribution is -2.07. The number of esters is 1. The minimum atomic E-state index is -0.509. The largest absolute Gasteiger partial charge is 0.496 e. The van der Waals surface area contributed by atoms with E-state index in [1.807, 2.05) is 30.3 Å². The topological polar surface area (TPSA) is 73.3 Å². The molecule has 1 aromatic heterocycles. The number of aromatic nitrogens is 2. The fourth-order valence-electron chi connectivity index (χ4n) is 2.27. The van der Waals surface area contributed by atoms with E-state index in [0.29, 0.717) is 22.6 Å². The lowest BCUT2D eigenvalue weighted by Gasteiger charge is -2.10. The molecule has 0 unspecified atom stereocenters. The number of anilines is 2. The van der Waals surface area contributed by atoms with Crippen LogP contribution in [0.2, 0.25) is 0 Å². The maximum atomic E-state index is 12.0. The van der Waals surface area contributed by atoms with Crippen molar-refractivity contribution in [3.63, 3.8) is 0 Å². The summed E-state index contributed by atoms with van der Waals surface area (Å²) >= 11 is 0. The monoisotopic (exact) mass is 309 g/mol. The van der Waals surface area contributed by atoms with Crippen LogP contribution in [0.5, 0.6) is 5.75 Å². The molecule has 0 aliphatic rings. The minimum Gasteiger partial charge on any atom is -0.496 e. The molecule has 1 heterocycles. The second-order valence-corrected chi connectivity index (χ2v) is 4.75. The van der Waals surface area contributed by atoms with Crippen molar-refractivity contribution in [3.8, 4) is 5.75 Å². The molecule has 6 heteroatoms. The molecule has 3 aromatic rings. The Morgan fingerprint density at radius 3 is 2.57 bits per heavy atom. The van der Waals surface area contributed by atoms with Gasteiger partial charge in [0.05, 0.1) is 25.9 Å². The molecule has 116 valence electrons. The summed E-state index contributed by atoms with van der Waals surface area (Å²) in [4.78, 5) is 20.8. The lowest BCUT2D eigenvalue weighted by atomic mass is 10.1. The van der Waals surface area contributed by atoms with E-state index in [0.717, 1.165) is 5.69 Å². The summed E-state index contributed by atoms with van der Waals surface area (Å²) in [6.45, 7) is 0. The van der Waals surface area contributed by atoms with Gasteiger partial charge in [-0.25, -0.2) is 14.8 Å². The third kappa shape index (κ3) is 2.91. The molecule has 0 saturated heterocycles. The number of nitrogens with one attached hydrogen (secondary N) is 1. The van der Waals surface area contributed by atoms with Gasteiger partial charge in [0.1, 0.15) is 22.6 Å². The van der Waals surface area contributed by atoms with E-state index in [-0.39, 0.29) is 5.56 Å². The smallest absolute Gasteiger partial charge is 0.343 e. The Hall–Kier alpha value is -3.15. The highest BCUT2D eigenvalue weighted by Crippen LogP contribution is 2.27. The Morgan fingerprint density at radius 2 is 1.87 bits per heavy atom. The average molecular weight is 309 g/mol. The first-order valence-electron chi connectivity index (χ1n) is 6.97. The molecule has 2 aromatic carbocycles. The van der Waals surface area contributed by atoms with Gasteiger partial charge in [-0.05, 0) is 24.3 Å². The number of ether oxygens (including phenoxy) is 2. The van der Waals surface area contributed by atoms with Gasteiger partial charge in [-0.15, -0.1) is 0 Å². The summed E-state index contributed by atoms with van der Waals surface area (Å²) in [6.07, 6.45) is 1.57. The number of methoxy groups -OCH3 is 2. The van der Waals surface area contributed by atoms with Crippen molar-refractivity contribution in [2.75, 3.05) is 19.5 Å². The van der Waals surface area contributed by atoms with Gasteiger partial charge in [0.25, 0.3) is 0 Å². The number of benzene rings is 2. The van der Waals surface area contributed by atoms with Crippen molar-refractivity contribution in [1.82, 2.24) is 9.97 Å². The number of rotatable bonds is 4. The van der Waals surface area contributed by atoms with Crippen LogP contribution in [0, 0.1) is 0 Å². The fraction of sp³-hybridized carbons (Fsp3) is 0.118. The van der Waals surface area contributed by atoms with E-state index in [2.05, 4.69) is 15.3 Å². The van der Waals surface area contributed by atoms with Gasteiger partial charge in [-0.2, -0.15) is 0 Å². The Kier molecular flexibility index (Phi) is 4.05. The van der Waals surface area contributed by atoms with Crippen LogP contribution in [0.15, 0.2) is 48.7 Å². The lowest BCUT2D eigenvalue weighted by molar-refractivity contribution is 0.0599. The standard InChI is InChI=1S/C17H15N3O3/c1-22-13-9-8-12-16(15(13)17(21)23-2)18-10-14(20-12)19-11-6-4-3-5-7-11/h3-10H,1-2H3,(H,19,20). The van der Waals surface area contributed by atoms with Gasteiger partial charge in [-0.1, -0.05) is 18.2 Å². The van der Waals surface area contributed by atoms with Crippen LogP contribution >= 0.6 is 0 Å². The molecule has 23 heavy (non-hydrogen) atoms. The average Bonchev–Trinajstić information content (AvgIpc) is 2.60. The molecule has 0 fully saturated rings. The second kappa shape index (κ2) is 6.31. The van der Waals surface area contributed by atoms with Crippen LogP contribution in [-0.4, -0.2) is 30.2 Å². The van der Waals surface area contributed by atoms with Crippen LogP contribution in [0.25, 0.3) is 11.0 Å². The Labute approximate surface area is 133 Å². The summed E-state index contributed by atoms with van der Waals surface area (Å²) < 4.78 is 10.0. The van der Waals surface area contributed by atoms with Gasteiger partial charge in [0, 0.05) is 5.69 Å². The minimum absolute atomic E-state index is 0.270. The molecule has 1 N–H and O–H groups in total. The van der Waals surface area contributed by atoms with Crippen molar-refractivity contribution in [2.45, 2.75) is 0 Å². The zero-order valence-corrected chi connectivity index (χ0v) is 12.7. The summed E-state index contributed by atoms with van der Waals surface area (Å²) in [5.41, 5.74) is 2.19. The van der Waals surface area contributed by atoms with Gasteiger partial charge in [-0.3, -0.25) is 0 Å². The van der Waals surface area contributed by atoms with E-state index < -0.39 is 5.97 Å². The zero-order chi connectivity index (χ0) is 16.2. The molecule has 3 rings (SSSR count). The first-order chi connectivity index (χ1) is 11.2. The predicted octanol–water partition coefficient (Wildman–Crippen LogP) is 3.17. The van der Waals surface area contributed by atoms with Crippen molar-refractivity contribution in [1.29, 1.82) is 0 Å². The maximum Gasteiger partial charge on any atom is 0.343 e. The normalized spacial score (nSPS) is 10.3. The molecular formula is C17H15N3O3. The number of fused-ring (bicyclic) bond motifs is 1. The van der Waals surface area contributed by atoms with E-state index in [4.69, 9.17) is 9.47 Å². The Morgan fingerprint density at radius 1 is 1.09 bits per heavy atom. The van der Waals surface area contributed by atoms with Crippen molar-refractivity contribution < 1.29 is 14.3 Å². The van der Waals surface area contributed by atoms with Gasteiger partial charge in [0.2, 0.25) is 0 Å². The van der Waals surface area contributed by atoms with E-state index in [9.17, 15) is 4.79 Å². The molecule has 0 radical (unpaired) electrons. The number of nitrogens with zero attached hydrogens (tertiary/aromatic N) is 2. The second-order valence-electron chi connectivity index (χ2n) is 4.75. The van der Waals surface area contributed by atoms with Crippen LogP contribution in [-0.2, 0) is 4.74 Å². The first kappa shape index (κ1) is 14.8. The van der Waals surface area contributed by atoms with Crippen molar-refractivity contribution in [3.05, 3.63) is 54.2 Å². The number of carbonyl (C=O) groups excluding carboxylic acids is 1. The molecule has 0 bridgehead atoms. The predicted molar refractivity (Wildman–Crippen MR) is 87.2 cm³/mol. The zero-order valence-electron chi connectivity index (χ0n) is 12.7. The number of hydrogen-bond donors (Lipinski definition) is 1. The van der Waals surface area contributed by atoms with E-state index in [1.54, 1.807) is 18.3 Å². The third-order valence-corrected chi connectivity index (χ3v) is 3.33. The molecule has 0 spiro atoms. The highest BCUT2D eigenvalue weighted by Gasteiger charge is 2.19. The Bertz CT molecular complexity index is 850. The highest BCUT2D eigenvalue weighted by molar-refractivity contribution is 6.04. The molecule has 0 aliphatic heterocycles. The van der Waals surface area contributed by atoms with Gasteiger partial charge < -0.3 is 14.8 Å². The SMILES string of the molecule is COC(=O)c1c(OC)ccc2nc(Nc3ccccc3)cnc12. The molecule has 0 amide bonds. The van der Waals surface area contributed by atoms with Crippen LogP contribution in [0.1, 0.15) is 10.4 Å². The maximum absolute atomic E-state index is 12.0. The highest BCUT2D eigenvalue weighted by atomic mass is 16.5. The molecular weight excluding hydrogens is 294 g/mol. The summed E-state index contributed by atoms with van der Waals surface area (Å²) in [7, 11) is 2.81. The van der Waals surface area contributed by atoms with Crippen molar-refractivity contribution >= 4 is 28.5 Å². The van der Waals surface area contributed by atoms with E-state index >= 15 is 0 Å². The van der Waals surface area contributed by atoms with Crippen molar-refractivity contribution in [2.24, 2.45) is 0 Å². The molecule has 0 aliphatic carbocycles. The summed E-state index contributed by atoms with van der Waals surface area (Å²) in [5, 5.41) is 3.17. The summed E-state index contributed by atoms with van der Waals surface area (Å²) in [6, 6.07) is 13.1. The van der Waals surface area contributed by atoms with Crippen LogP contribution < -0.4 is 10.1 Å². The van der Waals surface area contributed by atoms with E-state index in [1.165, 1.54) is 14.2 Å².